The number of thiazole rings is 1. The molecule has 3 N–H and O–H groups in total. The zero-order valence-electron chi connectivity index (χ0n) is 19.9. The number of amides is 3. The molecule has 3 aromatic heterocycles. The highest BCUT2D eigenvalue weighted by molar-refractivity contribution is 7.13. The van der Waals surface area contributed by atoms with Crippen molar-refractivity contribution < 1.29 is 18.8 Å². The lowest BCUT2D eigenvalue weighted by Gasteiger charge is -2.35. The third kappa shape index (κ3) is 5.95. The third-order valence-electron chi connectivity index (χ3n) is 6.50. The van der Waals surface area contributed by atoms with Crippen LogP contribution in [0.5, 0.6) is 0 Å². The number of rotatable bonds is 5. The van der Waals surface area contributed by atoms with Gasteiger partial charge in [-0.15, -0.1) is 21.5 Å². The minimum Gasteiger partial charge on any atom is -0.428 e. The van der Waals surface area contributed by atoms with Crippen molar-refractivity contribution in [2.75, 3.05) is 18.9 Å². The summed E-state index contributed by atoms with van der Waals surface area (Å²) >= 11 is 7.20. The van der Waals surface area contributed by atoms with Gasteiger partial charge in [-0.25, -0.2) is 9.97 Å². The van der Waals surface area contributed by atoms with E-state index in [0.717, 1.165) is 30.1 Å². The molecule has 0 saturated heterocycles. The second-order valence-electron chi connectivity index (χ2n) is 9.14. The van der Waals surface area contributed by atoms with Crippen molar-refractivity contribution in [1.29, 1.82) is 0 Å². The number of anilines is 1. The summed E-state index contributed by atoms with van der Waals surface area (Å²) in [6.45, 7) is 1.66. The third-order valence-corrected chi connectivity index (χ3v) is 7.81. The number of nitrogens with one attached hydrogen (secondary N) is 3. The van der Waals surface area contributed by atoms with Crippen molar-refractivity contribution >= 4 is 46.5 Å². The van der Waals surface area contributed by atoms with Gasteiger partial charge in [0.1, 0.15) is 5.82 Å². The van der Waals surface area contributed by atoms with Crippen molar-refractivity contribution in [2.24, 2.45) is 0 Å². The van der Waals surface area contributed by atoms with E-state index in [4.69, 9.17) is 16.0 Å². The van der Waals surface area contributed by atoms with Crippen LogP contribution in [-0.4, -0.2) is 68.5 Å². The Morgan fingerprint density at radius 3 is 2.78 bits per heavy atom. The van der Waals surface area contributed by atoms with Gasteiger partial charge in [-0.05, 0) is 38.4 Å². The molecule has 3 aromatic rings. The SMILES string of the molecule is CN1CCc2nc(C(=O)N[C@@H]3C[C@@H](c4nnco4)CC[C@@H]3NC(=O)C(=O)Nc3ccc(Cl)cn3)sc2C1. The fraction of sp³-hybridized carbons (Fsp3) is 0.435. The molecular weight excluding hydrogens is 520 g/mol. The summed E-state index contributed by atoms with van der Waals surface area (Å²) in [5, 5.41) is 16.8. The summed E-state index contributed by atoms with van der Waals surface area (Å²) in [5.74, 6) is -1.42. The van der Waals surface area contributed by atoms with Crippen molar-refractivity contribution in [3.63, 3.8) is 0 Å². The smallest absolute Gasteiger partial charge is 0.314 e. The molecule has 194 valence electrons. The molecule has 12 nitrogen and oxygen atoms in total. The van der Waals surface area contributed by atoms with E-state index in [1.165, 1.54) is 30.0 Å². The number of likely N-dealkylation sites (N-methyl/N-ethyl adjacent to an activating group) is 1. The summed E-state index contributed by atoms with van der Waals surface area (Å²) in [7, 11) is 2.04. The number of pyridine rings is 1. The first kappa shape index (κ1) is 25.2. The molecule has 0 unspecified atom stereocenters. The van der Waals surface area contributed by atoms with Crippen molar-refractivity contribution in [3.05, 3.63) is 51.2 Å². The lowest BCUT2D eigenvalue weighted by Crippen LogP contribution is -2.56. The minimum absolute atomic E-state index is 0.0915. The predicted molar refractivity (Wildman–Crippen MR) is 134 cm³/mol. The molecule has 1 aliphatic heterocycles. The number of halogens is 1. The molecule has 3 atom stereocenters. The van der Waals surface area contributed by atoms with E-state index >= 15 is 0 Å². The van der Waals surface area contributed by atoms with Gasteiger partial charge in [-0.3, -0.25) is 14.4 Å². The van der Waals surface area contributed by atoms with Crippen LogP contribution in [-0.2, 0) is 22.6 Å². The van der Waals surface area contributed by atoms with Crippen LogP contribution in [0, 0.1) is 0 Å². The molecular formula is C23H25ClN8O4S. The van der Waals surface area contributed by atoms with E-state index in [2.05, 4.69) is 41.0 Å². The monoisotopic (exact) mass is 544 g/mol. The summed E-state index contributed by atoms with van der Waals surface area (Å²) in [6, 6.07) is 2.09. The van der Waals surface area contributed by atoms with Crippen LogP contribution in [0.1, 0.15) is 51.4 Å². The number of hydrogen-bond acceptors (Lipinski definition) is 10. The molecule has 1 aliphatic carbocycles. The van der Waals surface area contributed by atoms with Crippen molar-refractivity contribution in [2.45, 2.75) is 50.2 Å². The van der Waals surface area contributed by atoms with Gasteiger partial charge in [0.05, 0.1) is 16.8 Å². The lowest BCUT2D eigenvalue weighted by atomic mass is 9.82. The first-order valence-electron chi connectivity index (χ1n) is 11.8. The molecule has 2 aliphatic rings. The first-order chi connectivity index (χ1) is 17.9. The van der Waals surface area contributed by atoms with Crippen LogP contribution in [0.3, 0.4) is 0 Å². The van der Waals surface area contributed by atoms with Crippen LogP contribution >= 0.6 is 22.9 Å². The van der Waals surface area contributed by atoms with Gasteiger partial charge in [-0.2, -0.15) is 0 Å². The average molecular weight is 545 g/mol. The predicted octanol–water partition coefficient (Wildman–Crippen LogP) is 1.75. The molecule has 0 radical (unpaired) electrons. The first-order valence-corrected chi connectivity index (χ1v) is 13.0. The molecule has 37 heavy (non-hydrogen) atoms. The quantitative estimate of drug-likeness (QED) is 0.407. The van der Waals surface area contributed by atoms with Gasteiger partial charge >= 0.3 is 11.8 Å². The molecule has 0 aromatic carbocycles. The van der Waals surface area contributed by atoms with Gasteiger partial charge in [0.2, 0.25) is 12.3 Å². The number of nitrogens with zero attached hydrogens (tertiary/aromatic N) is 5. The highest BCUT2D eigenvalue weighted by Crippen LogP contribution is 2.33. The standard InChI is InChI=1S/C23H25ClN8O4S/c1-32-7-6-15-17(10-32)37-23(29-15)21(35)28-16-8-12(22-31-26-11-36-22)2-4-14(16)27-19(33)20(34)30-18-5-3-13(24)9-25-18/h3,5,9,11-12,14,16H,2,4,6-8,10H2,1H3,(H,27,33)(H,28,35)(H,25,30,34)/t12-,14-,16+/m0/s1. The highest BCUT2D eigenvalue weighted by atomic mass is 35.5. The number of hydrogen-bond donors (Lipinski definition) is 3. The largest absolute Gasteiger partial charge is 0.428 e. The number of carbonyl (C=O) groups excluding carboxylic acids is 3. The van der Waals surface area contributed by atoms with Gasteiger partial charge < -0.3 is 25.3 Å². The molecule has 0 spiro atoms. The van der Waals surface area contributed by atoms with Gasteiger partial charge in [0.15, 0.2) is 5.01 Å². The van der Waals surface area contributed by atoms with E-state index in [-0.39, 0.29) is 17.6 Å². The van der Waals surface area contributed by atoms with Crippen LogP contribution in [0.25, 0.3) is 0 Å². The van der Waals surface area contributed by atoms with Crippen LogP contribution < -0.4 is 16.0 Å². The number of carbonyl (C=O) groups is 3. The van der Waals surface area contributed by atoms with Crippen LogP contribution in [0.15, 0.2) is 29.1 Å². The molecule has 0 bridgehead atoms. The zero-order valence-corrected chi connectivity index (χ0v) is 21.5. The number of fused-ring (bicyclic) bond motifs is 1. The van der Waals surface area contributed by atoms with E-state index < -0.39 is 23.9 Å². The second kappa shape index (κ2) is 10.9. The van der Waals surface area contributed by atoms with E-state index in [9.17, 15) is 14.4 Å². The fourth-order valence-electron chi connectivity index (χ4n) is 4.59. The normalized spacial score (nSPS) is 21.6. The Morgan fingerprint density at radius 1 is 1.16 bits per heavy atom. The Morgan fingerprint density at radius 2 is 2.03 bits per heavy atom. The van der Waals surface area contributed by atoms with E-state index in [0.29, 0.717) is 35.2 Å². The Hall–Kier alpha value is -3.42. The summed E-state index contributed by atoms with van der Waals surface area (Å²) in [4.78, 5) is 50.2. The highest BCUT2D eigenvalue weighted by Gasteiger charge is 2.37. The molecule has 14 heteroatoms. The van der Waals surface area contributed by atoms with E-state index in [1.807, 2.05) is 7.05 Å². The molecule has 4 heterocycles. The Kier molecular flexibility index (Phi) is 7.44. The van der Waals surface area contributed by atoms with Gasteiger partial charge in [0, 0.05) is 42.5 Å². The van der Waals surface area contributed by atoms with Gasteiger partial charge in [0.25, 0.3) is 5.91 Å². The number of aromatic nitrogens is 4. The molecule has 1 saturated carbocycles. The van der Waals surface area contributed by atoms with Gasteiger partial charge in [-0.1, -0.05) is 11.6 Å². The maximum absolute atomic E-state index is 13.2. The molecule has 1 fully saturated rings. The Balaban J connectivity index is 1.28. The van der Waals surface area contributed by atoms with Crippen LogP contribution in [0.4, 0.5) is 5.82 Å². The Labute approximate surface area is 221 Å². The van der Waals surface area contributed by atoms with E-state index in [1.54, 1.807) is 6.07 Å². The molecule has 5 rings (SSSR count). The maximum atomic E-state index is 13.2. The van der Waals surface area contributed by atoms with Crippen molar-refractivity contribution in [1.82, 2.24) is 35.7 Å². The lowest BCUT2D eigenvalue weighted by molar-refractivity contribution is -0.136. The topological polar surface area (TPSA) is 155 Å². The summed E-state index contributed by atoms with van der Waals surface area (Å²) < 4.78 is 5.39. The minimum atomic E-state index is -0.865. The summed E-state index contributed by atoms with van der Waals surface area (Å²) in [6.07, 6.45) is 5.02. The average Bonchev–Trinajstić information content (AvgIpc) is 3.56. The maximum Gasteiger partial charge on any atom is 0.314 e. The summed E-state index contributed by atoms with van der Waals surface area (Å²) in [5.41, 5.74) is 0.956. The molecule has 3 amide bonds. The Bertz CT molecular complexity index is 1280. The second-order valence-corrected chi connectivity index (χ2v) is 10.7. The zero-order chi connectivity index (χ0) is 25.9. The fourth-order valence-corrected chi connectivity index (χ4v) is 5.80. The van der Waals surface area contributed by atoms with Crippen molar-refractivity contribution in [3.8, 4) is 0 Å². The van der Waals surface area contributed by atoms with Crippen LogP contribution in [0.2, 0.25) is 5.02 Å².